The highest BCUT2D eigenvalue weighted by Crippen LogP contribution is 2.14. The Balaban J connectivity index is 3.51. The molecule has 0 atom stereocenters. The molecular formula is C15H28. The lowest BCUT2D eigenvalue weighted by Crippen LogP contribution is -1.84. The monoisotopic (exact) mass is 208 g/mol. The summed E-state index contributed by atoms with van der Waals surface area (Å²) in [6.45, 7) is 8.29. The molecule has 15 heavy (non-hydrogen) atoms. The summed E-state index contributed by atoms with van der Waals surface area (Å²) >= 11 is 0. The molecule has 0 unspecified atom stereocenters. The van der Waals surface area contributed by atoms with E-state index in [-0.39, 0.29) is 0 Å². The van der Waals surface area contributed by atoms with E-state index < -0.39 is 0 Å². The lowest BCUT2D eigenvalue weighted by atomic mass is 10.0. The van der Waals surface area contributed by atoms with Crippen LogP contribution < -0.4 is 0 Å². The maximum atomic E-state index is 3.75. The fourth-order valence-corrected chi connectivity index (χ4v) is 1.75. The summed E-state index contributed by atoms with van der Waals surface area (Å²) in [5.74, 6) is 0. The quantitative estimate of drug-likeness (QED) is 0.321. The van der Waals surface area contributed by atoms with Crippen molar-refractivity contribution in [3.05, 3.63) is 24.3 Å². The summed E-state index contributed by atoms with van der Waals surface area (Å²) in [6.07, 6.45) is 16.2. The van der Waals surface area contributed by atoms with Crippen molar-refractivity contribution >= 4 is 0 Å². The average Bonchev–Trinajstić information content (AvgIpc) is 2.26. The van der Waals surface area contributed by atoms with Gasteiger partial charge in [-0.25, -0.2) is 0 Å². The van der Waals surface area contributed by atoms with Crippen LogP contribution in [-0.4, -0.2) is 0 Å². The third-order valence-electron chi connectivity index (χ3n) is 2.85. The molecule has 0 radical (unpaired) electrons. The van der Waals surface area contributed by atoms with Gasteiger partial charge >= 0.3 is 0 Å². The Morgan fingerprint density at radius 2 is 1.80 bits per heavy atom. The first kappa shape index (κ1) is 14.5. The molecule has 0 aliphatic carbocycles. The van der Waals surface area contributed by atoms with Gasteiger partial charge in [-0.1, -0.05) is 50.8 Å². The van der Waals surface area contributed by atoms with E-state index in [1.807, 2.05) is 6.08 Å². The van der Waals surface area contributed by atoms with E-state index in [9.17, 15) is 0 Å². The largest absolute Gasteiger partial charge is 0.103 e. The molecule has 0 spiro atoms. The summed E-state index contributed by atoms with van der Waals surface area (Å²) in [7, 11) is 0. The van der Waals surface area contributed by atoms with Gasteiger partial charge in [0.05, 0.1) is 0 Å². The zero-order valence-electron chi connectivity index (χ0n) is 10.7. The van der Waals surface area contributed by atoms with E-state index >= 15 is 0 Å². The zero-order valence-corrected chi connectivity index (χ0v) is 10.7. The van der Waals surface area contributed by atoms with Crippen molar-refractivity contribution in [3.8, 4) is 0 Å². The van der Waals surface area contributed by atoms with Crippen molar-refractivity contribution in [2.75, 3.05) is 0 Å². The molecule has 0 bridgehead atoms. The van der Waals surface area contributed by atoms with E-state index in [0.29, 0.717) is 0 Å². The Hall–Kier alpha value is -0.520. The van der Waals surface area contributed by atoms with Crippen LogP contribution in [0, 0.1) is 0 Å². The summed E-state index contributed by atoms with van der Waals surface area (Å²) in [5.41, 5.74) is 1.67. The van der Waals surface area contributed by atoms with Gasteiger partial charge in [0, 0.05) is 0 Å². The Morgan fingerprint density at radius 3 is 2.40 bits per heavy atom. The van der Waals surface area contributed by atoms with Crippen molar-refractivity contribution in [2.24, 2.45) is 0 Å². The number of unbranched alkanes of at least 4 members (excludes halogenated alkanes) is 5. The van der Waals surface area contributed by atoms with E-state index in [1.54, 1.807) is 5.57 Å². The molecule has 0 aromatic rings. The minimum Gasteiger partial charge on any atom is -0.103 e. The Bertz CT molecular complexity index is 165. The van der Waals surface area contributed by atoms with Gasteiger partial charge in [-0.2, -0.15) is 0 Å². The van der Waals surface area contributed by atoms with Gasteiger partial charge in [0.15, 0.2) is 0 Å². The van der Waals surface area contributed by atoms with Crippen LogP contribution in [0.15, 0.2) is 24.3 Å². The number of rotatable bonds is 10. The molecule has 0 heterocycles. The highest BCUT2D eigenvalue weighted by molar-refractivity contribution is 5.00. The number of allylic oxidation sites excluding steroid dienone is 3. The standard InChI is InChI=1S/C15H28/c1-4-7-9-10-12-14-15(6-3)13-11-8-5-2/h4,13H,1,5-12,14H2,2-3H3. The molecule has 88 valence electrons. The van der Waals surface area contributed by atoms with Crippen molar-refractivity contribution in [3.63, 3.8) is 0 Å². The third-order valence-corrected chi connectivity index (χ3v) is 2.85. The summed E-state index contributed by atoms with van der Waals surface area (Å²) in [4.78, 5) is 0. The topological polar surface area (TPSA) is 0 Å². The molecule has 0 N–H and O–H groups in total. The summed E-state index contributed by atoms with van der Waals surface area (Å²) in [5, 5.41) is 0. The smallest absolute Gasteiger partial charge is 0.0320 e. The number of hydrogen-bond donors (Lipinski definition) is 0. The lowest BCUT2D eigenvalue weighted by Gasteiger charge is -2.04. The first-order chi connectivity index (χ1) is 7.35. The van der Waals surface area contributed by atoms with Crippen molar-refractivity contribution in [2.45, 2.75) is 71.6 Å². The minimum absolute atomic E-state index is 1.18. The molecule has 0 nitrogen and oxygen atoms in total. The second kappa shape index (κ2) is 11.6. The SMILES string of the molecule is C=CCCCCCC(=CCCCC)CC. The first-order valence-electron chi connectivity index (χ1n) is 6.63. The van der Waals surface area contributed by atoms with Crippen LogP contribution >= 0.6 is 0 Å². The first-order valence-corrected chi connectivity index (χ1v) is 6.63. The average molecular weight is 208 g/mol. The van der Waals surface area contributed by atoms with Gasteiger partial charge in [0.2, 0.25) is 0 Å². The predicted octanol–water partition coefficient (Wildman–Crippen LogP) is 5.65. The van der Waals surface area contributed by atoms with Crippen LogP contribution in [0.1, 0.15) is 71.6 Å². The van der Waals surface area contributed by atoms with E-state index in [0.717, 1.165) is 0 Å². The second-order valence-electron chi connectivity index (χ2n) is 4.25. The molecule has 0 saturated heterocycles. The zero-order chi connectivity index (χ0) is 11.4. The maximum absolute atomic E-state index is 3.75. The van der Waals surface area contributed by atoms with Crippen LogP contribution in [0.3, 0.4) is 0 Å². The number of hydrogen-bond acceptors (Lipinski definition) is 0. The van der Waals surface area contributed by atoms with Crippen LogP contribution in [0.5, 0.6) is 0 Å². The van der Waals surface area contributed by atoms with Crippen molar-refractivity contribution < 1.29 is 0 Å². The van der Waals surface area contributed by atoms with Crippen molar-refractivity contribution in [1.29, 1.82) is 0 Å². The van der Waals surface area contributed by atoms with Gasteiger partial charge in [0.25, 0.3) is 0 Å². The fraction of sp³-hybridized carbons (Fsp3) is 0.733. The highest BCUT2D eigenvalue weighted by atomic mass is 14.0. The second-order valence-corrected chi connectivity index (χ2v) is 4.25. The summed E-state index contributed by atoms with van der Waals surface area (Å²) in [6, 6.07) is 0. The van der Waals surface area contributed by atoms with Gasteiger partial charge in [-0.3, -0.25) is 0 Å². The van der Waals surface area contributed by atoms with E-state index in [1.165, 1.54) is 57.8 Å². The molecule has 0 rings (SSSR count). The van der Waals surface area contributed by atoms with Crippen molar-refractivity contribution in [1.82, 2.24) is 0 Å². The molecule has 0 aliphatic heterocycles. The molecule has 0 aliphatic rings. The van der Waals surface area contributed by atoms with Gasteiger partial charge in [-0.15, -0.1) is 6.58 Å². The van der Waals surface area contributed by atoms with Crippen LogP contribution in [-0.2, 0) is 0 Å². The minimum atomic E-state index is 1.18. The van der Waals surface area contributed by atoms with E-state index in [4.69, 9.17) is 0 Å². The molecule has 0 aromatic heterocycles. The Morgan fingerprint density at radius 1 is 1.00 bits per heavy atom. The van der Waals surface area contributed by atoms with Crippen LogP contribution in [0.2, 0.25) is 0 Å². The van der Waals surface area contributed by atoms with Gasteiger partial charge in [0.1, 0.15) is 0 Å². The molecule has 0 amide bonds. The Labute approximate surface area is 96.5 Å². The molecule has 0 aromatic carbocycles. The lowest BCUT2D eigenvalue weighted by molar-refractivity contribution is 0.672. The van der Waals surface area contributed by atoms with E-state index in [2.05, 4.69) is 26.5 Å². The van der Waals surface area contributed by atoms with Gasteiger partial charge < -0.3 is 0 Å². The normalized spacial score (nSPS) is 11.7. The van der Waals surface area contributed by atoms with Crippen LogP contribution in [0.4, 0.5) is 0 Å². The Kier molecular flexibility index (Phi) is 11.2. The molecule has 0 heteroatoms. The molecule has 0 saturated carbocycles. The fourth-order valence-electron chi connectivity index (χ4n) is 1.75. The van der Waals surface area contributed by atoms with Crippen LogP contribution in [0.25, 0.3) is 0 Å². The van der Waals surface area contributed by atoms with Gasteiger partial charge in [-0.05, 0) is 38.5 Å². The molecular weight excluding hydrogens is 180 g/mol. The predicted molar refractivity (Wildman–Crippen MR) is 71.2 cm³/mol. The summed E-state index contributed by atoms with van der Waals surface area (Å²) < 4.78 is 0. The maximum Gasteiger partial charge on any atom is -0.0320 e. The molecule has 0 fully saturated rings. The third kappa shape index (κ3) is 9.78. The highest BCUT2D eigenvalue weighted by Gasteiger charge is 1.94.